The Kier molecular flexibility index (Phi) is 3.98. The summed E-state index contributed by atoms with van der Waals surface area (Å²) in [7, 11) is 1.62. The molecule has 3 rings (SSSR count). The van der Waals surface area contributed by atoms with Gasteiger partial charge in [0.1, 0.15) is 5.75 Å². The molecule has 0 saturated heterocycles. The van der Waals surface area contributed by atoms with Crippen molar-refractivity contribution in [2.24, 2.45) is 0 Å². The van der Waals surface area contributed by atoms with Crippen molar-refractivity contribution >= 4 is 11.6 Å². The third-order valence-electron chi connectivity index (χ3n) is 4.37. The highest BCUT2D eigenvalue weighted by Crippen LogP contribution is 2.45. The molecule has 0 spiro atoms. The van der Waals surface area contributed by atoms with E-state index in [1.54, 1.807) is 31.6 Å². The van der Waals surface area contributed by atoms with E-state index in [1.807, 2.05) is 26.8 Å². The molecular weight excluding hydrogens is 302 g/mol. The minimum absolute atomic E-state index is 0.131. The molecule has 2 heterocycles. The number of ether oxygens (including phenoxy) is 1. The van der Waals surface area contributed by atoms with E-state index in [1.165, 1.54) is 4.90 Å². The second-order valence-electron chi connectivity index (χ2n) is 6.17. The van der Waals surface area contributed by atoms with E-state index in [-0.39, 0.29) is 11.8 Å². The Labute approximate surface area is 141 Å². The fraction of sp³-hybridized carbons (Fsp3) is 0.316. The monoisotopic (exact) mass is 321 g/mol. The zero-order chi connectivity index (χ0) is 17.4. The first kappa shape index (κ1) is 16.0. The number of carbonyl (C=O) groups excluding carboxylic acids is 1. The van der Waals surface area contributed by atoms with E-state index in [9.17, 15) is 10.1 Å². The lowest BCUT2D eigenvalue weighted by molar-refractivity contribution is 0.0994. The molecule has 0 aliphatic carbocycles. The molecule has 2 aromatic rings. The molecule has 24 heavy (non-hydrogen) atoms. The third kappa shape index (κ3) is 2.23. The number of benzene rings is 1. The predicted octanol–water partition coefficient (Wildman–Crippen LogP) is 3.75. The summed E-state index contributed by atoms with van der Waals surface area (Å²) in [5.74, 6) is 0.695. The summed E-state index contributed by atoms with van der Waals surface area (Å²) in [5, 5.41) is 9.82. The van der Waals surface area contributed by atoms with Crippen molar-refractivity contribution in [2.75, 3.05) is 12.0 Å². The maximum Gasteiger partial charge on any atom is 0.260 e. The number of pyridine rings is 1. The molecule has 1 aromatic carbocycles. The van der Waals surface area contributed by atoms with Crippen LogP contribution in [0.2, 0.25) is 0 Å². The quantitative estimate of drug-likeness (QED) is 0.863. The van der Waals surface area contributed by atoms with Crippen molar-refractivity contribution in [3.05, 3.63) is 52.8 Å². The number of methoxy groups -OCH3 is 1. The summed E-state index contributed by atoms with van der Waals surface area (Å²) >= 11 is 0. The molecule has 1 atom stereocenters. The smallest absolute Gasteiger partial charge is 0.260 e. The lowest BCUT2D eigenvalue weighted by Gasteiger charge is -2.22. The van der Waals surface area contributed by atoms with Crippen molar-refractivity contribution in [2.45, 2.75) is 32.7 Å². The van der Waals surface area contributed by atoms with Gasteiger partial charge in [0.25, 0.3) is 5.91 Å². The number of nitrogens with zero attached hydrogens (tertiary/aromatic N) is 3. The number of carbonyl (C=O) groups is 1. The van der Waals surface area contributed by atoms with Crippen molar-refractivity contribution in [1.82, 2.24) is 4.98 Å². The van der Waals surface area contributed by atoms with E-state index >= 15 is 0 Å². The summed E-state index contributed by atoms with van der Waals surface area (Å²) in [4.78, 5) is 18.7. The first-order valence-corrected chi connectivity index (χ1v) is 7.85. The molecule has 0 saturated carbocycles. The van der Waals surface area contributed by atoms with Crippen LogP contribution in [-0.2, 0) is 0 Å². The average molecular weight is 321 g/mol. The molecule has 0 bridgehead atoms. The zero-order valence-corrected chi connectivity index (χ0v) is 14.2. The lowest BCUT2D eigenvalue weighted by Crippen LogP contribution is -2.27. The van der Waals surface area contributed by atoms with Gasteiger partial charge in [0, 0.05) is 22.9 Å². The fourth-order valence-electron chi connectivity index (χ4n) is 3.41. The van der Waals surface area contributed by atoms with Crippen LogP contribution in [0.15, 0.2) is 30.6 Å². The van der Waals surface area contributed by atoms with Crippen molar-refractivity contribution in [1.29, 1.82) is 5.26 Å². The van der Waals surface area contributed by atoms with Gasteiger partial charge in [0.15, 0.2) is 6.04 Å². The van der Waals surface area contributed by atoms with Gasteiger partial charge in [-0.25, -0.2) is 0 Å². The van der Waals surface area contributed by atoms with Gasteiger partial charge in [-0.2, -0.15) is 5.26 Å². The number of fused-ring (bicyclic) bond motifs is 1. The average Bonchev–Trinajstić information content (AvgIpc) is 2.87. The Morgan fingerprint density at radius 1 is 1.42 bits per heavy atom. The molecule has 0 radical (unpaired) electrons. The van der Waals surface area contributed by atoms with Crippen LogP contribution < -0.4 is 9.64 Å². The van der Waals surface area contributed by atoms with Gasteiger partial charge in [0.05, 0.1) is 25.1 Å². The Morgan fingerprint density at radius 3 is 2.71 bits per heavy atom. The summed E-state index contributed by atoms with van der Waals surface area (Å²) in [6.07, 6.45) is 3.25. The minimum atomic E-state index is -0.678. The van der Waals surface area contributed by atoms with Gasteiger partial charge < -0.3 is 4.74 Å². The molecule has 0 N–H and O–H groups in total. The van der Waals surface area contributed by atoms with Crippen LogP contribution in [0.1, 0.15) is 52.9 Å². The maximum atomic E-state index is 13.1. The Bertz CT molecular complexity index is 838. The van der Waals surface area contributed by atoms with Crippen molar-refractivity contribution in [3.8, 4) is 11.8 Å². The highest BCUT2D eigenvalue weighted by atomic mass is 16.5. The summed E-state index contributed by atoms with van der Waals surface area (Å²) in [6, 6.07) is 7.05. The number of amides is 1. The molecule has 1 amide bonds. The number of hydrogen-bond acceptors (Lipinski definition) is 4. The van der Waals surface area contributed by atoms with Crippen molar-refractivity contribution < 1.29 is 9.53 Å². The predicted molar refractivity (Wildman–Crippen MR) is 91.2 cm³/mol. The van der Waals surface area contributed by atoms with Gasteiger partial charge in [-0.15, -0.1) is 0 Å². The lowest BCUT2D eigenvalue weighted by atomic mass is 9.88. The molecular formula is C19H19N3O2. The highest BCUT2D eigenvalue weighted by molar-refractivity contribution is 6.13. The van der Waals surface area contributed by atoms with Crippen LogP contribution in [0, 0.1) is 18.3 Å². The van der Waals surface area contributed by atoms with Crippen LogP contribution in [0.5, 0.6) is 5.75 Å². The fourth-order valence-corrected chi connectivity index (χ4v) is 3.41. The Balaban J connectivity index is 2.30. The van der Waals surface area contributed by atoms with E-state index in [0.29, 0.717) is 11.3 Å². The van der Waals surface area contributed by atoms with Crippen LogP contribution >= 0.6 is 0 Å². The number of aryl methyl sites for hydroxylation is 1. The van der Waals surface area contributed by atoms with Crippen LogP contribution in [0.25, 0.3) is 0 Å². The second kappa shape index (κ2) is 5.97. The first-order chi connectivity index (χ1) is 11.5. The number of rotatable bonds is 3. The summed E-state index contributed by atoms with van der Waals surface area (Å²) in [5.41, 5.74) is 3.73. The van der Waals surface area contributed by atoms with Crippen LogP contribution in [-0.4, -0.2) is 18.0 Å². The second-order valence-corrected chi connectivity index (χ2v) is 6.17. The van der Waals surface area contributed by atoms with Gasteiger partial charge in [-0.3, -0.25) is 14.7 Å². The summed E-state index contributed by atoms with van der Waals surface area (Å²) in [6.45, 7) is 5.96. The largest absolute Gasteiger partial charge is 0.496 e. The van der Waals surface area contributed by atoms with Gasteiger partial charge in [0.2, 0.25) is 0 Å². The van der Waals surface area contributed by atoms with E-state index in [2.05, 4.69) is 11.1 Å². The van der Waals surface area contributed by atoms with Gasteiger partial charge >= 0.3 is 0 Å². The molecule has 5 nitrogen and oxygen atoms in total. The van der Waals surface area contributed by atoms with E-state index in [4.69, 9.17) is 4.74 Å². The minimum Gasteiger partial charge on any atom is -0.496 e. The van der Waals surface area contributed by atoms with Crippen molar-refractivity contribution in [3.63, 3.8) is 0 Å². The molecule has 0 fully saturated rings. The summed E-state index contributed by atoms with van der Waals surface area (Å²) < 4.78 is 5.53. The van der Waals surface area contributed by atoms with Gasteiger partial charge in [-0.05, 0) is 36.6 Å². The number of anilines is 1. The van der Waals surface area contributed by atoms with E-state index in [0.717, 1.165) is 22.4 Å². The molecule has 1 aliphatic rings. The Hall–Kier alpha value is -2.87. The standard InChI is InChI=1S/C19H19N3O2/c1-11(2)16-15(24-4)8-12(3)17-18(16)14(9-20)22(19(17)23)13-6-5-7-21-10-13/h5-8,10-11,14H,1-4H3. The Morgan fingerprint density at radius 2 is 2.17 bits per heavy atom. The molecule has 5 heteroatoms. The highest BCUT2D eigenvalue weighted by Gasteiger charge is 2.42. The molecule has 1 aliphatic heterocycles. The topological polar surface area (TPSA) is 66.2 Å². The molecule has 1 aromatic heterocycles. The van der Waals surface area contributed by atoms with Gasteiger partial charge in [-0.1, -0.05) is 13.8 Å². The third-order valence-corrected chi connectivity index (χ3v) is 4.37. The number of aromatic nitrogens is 1. The number of nitriles is 1. The van der Waals surface area contributed by atoms with Crippen LogP contribution in [0.4, 0.5) is 5.69 Å². The van der Waals surface area contributed by atoms with E-state index < -0.39 is 6.04 Å². The molecule has 1 unspecified atom stereocenters. The first-order valence-electron chi connectivity index (χ1n) is 7.85. The molecule has 122 valence electrons. The zero-order valence-electron chi connectivity index (χ0n) is 14.2. The SMILES string of the molecule is COc1cc(C)c2c(c1C(C)C)C(C#N)N(c1cccnc1)C2=O. The number of hydrogen-bond donors (Lipinski definition) is 0. The van der Waals surface area contributed by atoms with Crippen LogP contribution in [0.3, 0.4) is 0 Å². The normalized spacial score (nSPS) is 16.2. The maximum absolute atomic E-state index is 13.1.